The molecular formula is C20H31O2P. The highest BCUT2D eigenvalue weighted by molar-refractivity contribution is 7.10. The van der Waals surface area contributed by atoms with E-state index >= 15 is 0 Å². The van der Waals surface area contributed by atoms with Crippen molar-refractivity contribution in [1.82, 2.24) is 0 Å². The molecule has 0 fully saturated rings. The van der Waals surface area contributed by atoms with Crippen molar-refractivity contribution in [3.63, 3.8) is 0 Å². The van der Waals surface area contributed by atoms with Crippen molar-refractivity contribution in [2.45, 2.75) is 79.2 Å². The van der Waals surface area contributed by atoms with E-state index in [1.54, 1.807) is 0 Å². The molecule has 2 rings (SSSR count). The molecule has 23 heavy (non-hydrogen) atoms. The van der Waals surface area contributed by atoms with Gasteiger partial charge >= 0.3 is 0 Å². The fourth-order valence-corrected chi connectivity index (χ4v) is 3.76. The van der Waals surface area contributed by atoms with E-state index in [0.29, 0.717) is 0 Å². The molecule has 0 spiro atoms. The van der Waals surface area contributed by atoms with Crippen LogP contribution in [-0.4, -0.2) is 5.60 Å². The molecule has 1 aromatic carbocycles. The summed E-state index contributed by atoms with van der Waals surface area (Å²) in [5.74, 6) is 2.08. The van der Waals surface area contributed by atoms with Crippen molar-refractivity contribution < 1.29 is 9.26 Å². The Labute approximate surface area is 143 Å². The molecular weight excluding hydrogens is 303 g/mol. The van der Waals surface area contributed by atoms with Gasteiger partial charge in [-0.2, -0.15) is 0 Å². The third-order valence-corrected chi connectivity index (χ3v) is 5.64. The predicted octanol–water partition coefficient (Wildman–Crippen LogP) is 6.00. The molecule has 2 nitrogen and oxygen atoms in total. The molecule has 0 aliphatic carbocycles. The topological polar surface area (TPSA) is 18.5 Å². The highest BCUT2D eigenvalue weighted by atomic mass is 31.0. The smallest absolute Gasteiger partial charge is 0.129 e. The Balaban J connectivity index is 2.27. The van der Waals surface area contributed by atoms with E-state index in [9.17, 15) is 0 Å². The first-order chi connectivity index (χ1) is 10.8. The van der Waals surface area contributed by atoms with Crippen LogP contribution in [0.4, 0.5) is 0 Å². The zero-order valence-electron chi connectivity index (χ0n) is 15.5. The Morgan fingerprint density at radius 2 is 1.96 bits per heavy atom. The molecule has 1 heterocycles. The van der Waals surface area contributed by atoms with Crippen molar-refractivity contribution in [2.75, 3.05) is 0 Å². The van der Waals surface area contributed by atoms with Gasteiger partial charge in [-0.25, -0.2) is 0 Å². The van der Waals surface area contributed by atoms with Crippen molar-refractivity contribution in [2.24, 2.45) is 0 Å². The van der Waals surface area contributed by atoms with E-state index in [4.69, 9.17) is 9.26 Å². The second-order valence-corrected chi connectivity index (χ2v) is 7.36. The van der Waals surface area contributed by atoms with Crippen molar-refractivity contribution >= 4 is 9.47 Å². The average molecular weight is 334 g/mol. The van der Waals surface area contributed by atoms with Crippen LogP contribution in [0.25, 0.3) is 0 Å². The molecule has 0 N–H and O–H groups in total. The van der Waals surface area contributed by atoms with E-state index in [2.05, 4.69) is 57.1 Å². The van der Waals surface area contributed by atoms with Gasteiger partial charge < -0.3 is 9.26 Å². The molecule has 3 heteroatoms. The number of hydrogen-bond acceptors (Lipinski definition) is 2. The first-order valence-electron chi connectivity index (χ1n) is 8.67. The first-order valence-corrected chi connectivity index (χ1v) is 9.14. The minimum atomic E-state index is -0.0650. The molecule has 2 unspecified atom stereocenters. The van der Waals surface area contributed by atoms with Gasteiger partial charge in [0.25, 0.3) is 0 Å². The van der Waals surface area contributed by atoms with Crippen LogP contribution in [0.15, 0.2) is 11.6 Å². The molecule has 1 aliphatic heterocycles. The van der Waals surface area contributed by atoms with Gasteiger partial charge in [0.2, 0.25) is 0 Å². The molecule has 1 aromatic rings. The zero-order chi connectivity index (χ0) is 17.2. The van der Waals surface area contributed by atoms with Crippen LogP contribution in [0.2, 0.25) is 0 Å². The van der Waals surface area contributed by atoms with Gasteiger partial charge in [-0.3, -0.25) is 0 Å². The summed E-state index contributed by atoms with van der Waals surface area (Å²) in [6, 6.07) is 0. The molecule has 0 saturated carbocycles. The molecule has 0 saturated heterocycles. The van der Waals surface area contributed by atoms with Crippen LogP contribution >= 0.6 is 9.47 Å². The molecule has 128 valence electrons. The summed E-state index contributed by atoms with van der Waals surface area (Å²) >= 11 is 0. The summed E-state index contributed by atoms with van der Waals surface area (Å²) in [6.07, 6.45) is 7.79. The standard InChI is InChI=1S/C20H31O2P/c1-7-13(2)9-8-11-20(6)12-10-17-16(5)18(22-23)14(3)15(4)19(17)21-20/h9H,7-8,10-12,23H2,1-6H3/b13-9+. The zero-order valence-corrected chi connectivity index (χ0v) is 16.7. The molecule has 0 aromatic heterocycles. The quantitative estimate of drug-likeness (QED) is 0.485. The molecule has 1 aliphatic rings. The average Bonchev–Trinajstić information content (AvgIpc) is 2.53. The van der Waals surface area contributed by atoms with E-state index in [1.165, 1.54) is 27.8 Å². The monoisotopic (exact) mass is 334 g/mol. The van der Waals surface area contributed by atoms with Crippen LogP contribution in [0.5, 0.6) is 11.5 Å². The Morgan fingerprint density at radius 3 is 2.57 bits per heavy atom. The number of fused-ring (bicyclic) bond motifs is 1. The third kappa shape index (κ3) is 3.74. The largest absolute Gasteiger partial charge is 0.487 e. The van der Waals surface area contributed by atoms with Crippen LogP contribution in [0, 0.1) is 20.8 Å². The van der Waals surface area contributed by atoms with Gasteiger partial charge in [-0.15, -0.1) is 0 Å². The summed E-state index contributed by atoms with van der Waals surface area (Å²) < 4.78 is 12.1. The van der Waals surface area contributed by atoms with Gasteiger partial charge in [-0.1, -0.05) is 18.6 Å². The summed E-state index contributed by atoms with van der Waals surface area (Å²) in [5, 5.41) is 0. The predicted molar refractivity (Wildman–Crippen MR) is 102 cm³/mol. The van der Waals surface area contributed by atoms with Gasteiger partial charge in [0.15, 0.2) is 0 Å². The van der Waals surface area contributed by atoms with Crippen LogP contribution < -0.4 is 9.26 Å². The fourth-order valence-electron chi connectivity index (χ4n) is 3.40. The number of benzene rings is 1. The van der Waals surface area contributed by atoms with E-state index in [0.717, 1.165) is 43.6 Å². The van der Waals surface area contributed by atoms with Crippen LogP contribution in [-0.2, 0) is 6.42 Å². The van der Waals surface area contributed by atoms with Crippen LogP contribution in [0.1, 0.15) is 68.7 Å². The summed E-state index contributed by atoms with van der Waals surface area (Å²) in [5.41, 5.74) is 6.35. The maximum Gasteiger partial charge on any atom is 0.129 e. The normalized spacial score (nSPS) is 20.9. The second-order valence-electron chi connectivity index (χ2n) is 7.12. The number of rotatable bonds is 5. The molecule has 0 bridgehead atoms. The lowest BCUT2D eigenvalue weighted by Gasteiger charge is -2.38. The minimum absolute atomic E-state index is 0.0650. The van der Waals surface area contributed by atoms with E-state index in [-0.39, 0.29) is 5.60 Å². The Hall–Kier alpha value is -1.01. The Kier molecular flexibility index (Phi) is 5.79. The highest BCUT2D eigenvalue weighted by Crippen LogP contribution is 2.45. The Bertz CT molecular complexity index is 619. The van der Waals surface area contributed by atoms with E-state index in [1.807, 2.05) is 0 Å². The molecule has 2 atom stereocenters. The summed E-state index contributed by atoms with van der Waals surface area (Å²) in [7, 11) is 2.38. The summed E-state index contributed by atoms with van der Waals surface area (Å²) in [6.45, 7) is 13.1. The number of allylic oxidation sites excluding steroid dienone is 2. The minimum Gasteiger partial charge on any atom is -0.487 e. The molecule has 0 amide bonds. The van der Waals surface area contributed by atoms with E-state index < -0.39 is 0 Å². The lowest BCUT2D eigenvalue weighted by molar-refractivity contribution is 0.0559. The maximum atomic E-state index is 6.54. The van der Waals surface area contributed by atoms with Gasteiger partial charge in [0, 0.05) is 5.56 Å². The summed E-state index contributed by atoms with van der Waals surface area (Å²) in [4.78, 5) is 0. The lowest BCUT2D eigenvalue weighted by Crippen LogP contribution is -2.37. The first kappa shape index (κ1) is 18.3. The van der Waals surface area contributed by atoms with Gasteiger partial charge in [0.1, 0.15) is 17.1 Å². The van der Waals surface area contributed by atoms with Crippen molar-refractivity contribution in [1.29, 1.82) is 0 Å². The van der Waals surface area contributed by atoms with Gasteiger partial charge in [0.05, 0.1) is 9.47 Å². The lowest BCUT2D eigenvalue weighted by atomic mass is 9.85. The van der Waals surface area contributed by atoms with Crippen molar-refractivity contribution in [3.05, 3.63) is 33.9 Å². The number of hydrogen-bond donors (Lipinski definition) is 0. The fraction of sp³-hybridized carbons (Fsp3) is 0.600. The Morgan fingerprint density at radius 1 is 1.26 bits per heavy atom. The van der Waals surface area contributed by atoms with Crippen molar-refractivity contribution in [3.8, 4) is 11.5 Å². The number of ether oxygens (including phenoxy) is 1. The van der Waals surface area contributed by atoms with Crippen LogP contribution in [0.3, 0.4) is 0 Å². The third-order valence-electron chi connectivity index (χ3n) is 5.40. The maximum absolute atomic E-state index is 6.54. The molecule has 0 radical (unpaired) electrons. The second kappa shape index (κ2) is 7.26. The highest BCUT2D eigenvalue weighted by Gasteiger charge is 2.34. The SMILES string of the molecule is CC/C(C)=C/CCC1(C)CCc2c(C)c(OP)c(C)c(C)c2O1. The van der Waals surface area contributed by atoms with Gasteiger partial charge in [-0.05, 0) is 83.4 Å².